The molecule has 1 heterocycles. The molecule has 0 radical (unpaired) electrons. The van der Waals surface area contributed by atoms with Crippen molar-refractivity contribution >= 4 is 0 Å². The summed E-state index contributed by atoms with van der Waals surface area (Å²) in [5, 5.41) is 0. The number of rotatable bonds is 1. The molecule has 0 aromatic carbocycles. The third-order valence-corrected chi connectivity index (χ3v) is 2.02. The fourth-order valence-electron chi connectivity index (χ4n) is 0.906. The molecule has 3 nitrogen and oxygen atoms in total. The standard InChI is InChI=1S/C6H14N2.C3H8O.C3H8/c1-7-3-5-8(2)6-4-7;1-3-4-2;1-3-2/h3-6H2,1-2H3;3H2,1-2H3;3H2,1-2H3. The van der Waals surface area contributed by atoms with Crippen molar-refractivity contribution in [2.24, 2.45) is 0 Å². The Morgan fingerprint density at radius 3 is 1.20 bits per heavy atom. The maximum Gasteiger partial charge on any atom is 0.0433 e. The second kappa shape index (κ2) is 13.9. The summed E-state index contributed by atoms with van der Waals surface area (Å²) in [6, 6.07) is 0. The average Bonchev–Trinajstić information content (AvgIpc) is 2.24. The molecule has 0 N–H and O–H groups in total. The molecule has 3 heteroatoms. The van der Waals surface area contributed by atoms with Crippen LogP contribution >= 0.6 is 0 Å². The van der Waals surface area contributed by atoms with Gasteiger partial charge in [0.05, 0.1) is 0 Å². The van der Waals surface area contributed by atoms with E-state index in [-0.39, 0.29) is 0 Å². The van der Waals surface area contributed by atoms with Crippen molar-refractivity contribution in [3.63, 3.8) is 0 Å². The van der Waals surface area contributed by atoms with Crippen LogP contribution in [0, 0.1) is 0 Å². The Morgan fingerprint density at radius 2 is 1.07 bits per heavy atom. The van der Waals surface area contributed by atoms with E-state index in [2.05, 4.69) is 42.5 Å². The number of hydrogen-bond acceptors (Lipinski definition) is 3. The van der Waals surface area contributed by atoms with Gasteiger partial charge in [-0.3, -0.25) is 0 Å². The Labute approximate surface area is 96.4 Å². The molecular weight excluding hydrogens is 188 g/mol. The Hall–Kier alpha value is -0.120. The Balaban J connectivity index is 0. The summed E-state index contributed by atoms with van der Waals surface area (Å²) in [5.41, 5.74) is 0. The lowest BCUT2D eigenvalue weighted by Crippen LogP contribution is -2.42. The molecule has 0 spiro atoms. The quantitative estimate of drug-likeness (QED) is 0.669. The van der Waals surface area contributed by atoms with E-state index >= 15 is 0 Å². The minimum absolute atomic E-state index is 0.819. The molecule has 15 heavy (non-hydrogen) atoms. The Kier molecular flexibility index (Phi) is 16.0. The highest BCUT2D eigenvalue weighted by atomic mass is 16.5. The van der Waals surface area contributed by atoms with Crippen LogP contribution in [0.4, 0.5) is 0 Å². The normalized spacial score (nSPS) is 17.2. The lowest BCUT2D eigenvalue weighted by Gasteiger charge is -2.28. The van der Waals surface area contributed by atoms with Crippen LogP contribution in [0.3, 0.4) is 0 Å². The number of likely N-dealkylation sites (N-methyl/N-ethyl adjacent to an activating group) is 2. The molecule has 0 bridgehead atoms. The van der Waals surface area contributed by atoms with Gasteiger partial charge in [-0.2, -0.15) is 0 Å². The second-order valence-electron chi connectivity index (χ2n) is 3.89. The third kappa shape index (κ3) is 16.5. The Bertz CT molecular complexity index is 89.8. The van der Waals surface area contributed by atoms with Gasteiger partial charge in [-0.1, -0.05) is 20.3 Å². The van der Waals surface area contributed by atoms with Gasteiger partial charge in [0.2, 0.25) is 0 Å². The smallest absolute Gasteiger partial charge is 0.0433 e. The number of hydrogen-bond donors (Lipinski definition) is 0. The number of nitrogens with zero attached hydrogens (tertiary/aromatic N) is 2. The zero-order valence-electron chi connectivity index (χ0n) is 11.5. The summed E-state index contributed by atoms with van der Waals surface area (Å²) >= 11 is 0. The zero-order valence-corrected chi connectivity index (χ0v) is 11.5. The van der Waals surface area contributed by atoms with Crippen LogP contribution in [-0.4, -0.2) is 63.8 Å². The highest BCUT2D eigenvalue weighted by molar-refractivity contribution is 4.64. The first-order valence-corrected chi connectivity index (χ1v) is 5.98. The van der Waals surface area contributed by atoms with Crippen LogP contribution in [0.2, 0.25) is 0 Å². The van der Waals surface area contributed by atoms with Crippen LogP contribution in [0.15, 0.2) is 0 Å². The van der Waals surface area contributed by atoms with Gasteiger partial charge in [0.15, 0.2) is 0 Å². The molecule has 0 aliphatic carbocycles. The first kappa shape index (κ1) is 17.3. The maximum atomic E-state index is 4.54. The molecule has 1 aliphatic rings. The molecule has 1 fully saturated rings. The van der Waals surface area contributed by atoms with E-state index in [1.807, 2.05) is 6.92 Å². The lowest BCUT2D eigenvalue weighted by molar-refractivity contribution is 0.181. The number of ether oxygens (including phenoxy) is 1. The summed E-state index contributed by atoms with van der Waals surface area (Å²) in [6.45, 7) is 12.0. The van der Waals surface area contributed by atoms with Gasteiger partial charge < -0.3 is 14.5 Å². The van der Waals surface area contributed by atoms with Gasteiger partial charge >= 0.3 is 0 Å². The summed E-state index contributed by atoms with van der Waals surface area (Å²) in [6.07, 6.45) is 1.25. The fraction of sp³-hybridized carbons (Fsp3) is 1.00. The van der Waals surface area contributed by atoms with Crippen LogP contribution in [0.5, 0.6) is 0 Å². The molecule has 0 unspecified atom stereocenters. The summed E-state index contributed by atoms with van der Waals surface area (Å²) in [5.74, 6) is 0. The van der Waals surface area contributed by atoms with Gasteiger partial charge in [0.25, 0.3) is 0 Å². The third-order valence-electron chi connectivity index (χ3n) is 2.02. The van der Waals surface area contributed by atoms with Crippen LogP contribution in [0.25, 0.3) is 0 Å². The first-order valence-electron chi connectivity index (χ1n) is 5.98. The molecule has 0 saturated carbocycles. The van der Waals surface area contributed by atoms with E-state index in [1.165, 1.54) is 32.6 Å². The summed E-state index contributed by atoms with van der Waals surface area (Å²) in [4.78, 5) is 4.72. The maximum absolute atomic E-state index is 4.54. The minimum Gasteiger partial charge on any atom is -0.385 e. The second-order valence-corrected chi connectivity index (χ2v) is 3.89. The minimum atomic E-state index is 0.819. The molecule has 0 aromatic heterocycles. The highest BCUT2D eigenvalue weighted by Crippen LogP contribution is 1.93. The molecular formula is C12H30N2O. The molecule has 1 saturated heterocycles. The van der Waals surface area contributed by atoms with Crippen LogP contribution in [0.1, 0.15) is 27.2 Å². The molecule has 1 rings (SSSR count). The lowest BCUT2D eigenvalue weighted by atomic mass is 10.4. The van der Waals surface area contributed by atoms with Gasteiger partial charge in [-0.15, -0.1) is 0 Å². The SMILES string of the molecule is CCC.CCOC.CN1CCN(C)CC1. The predicted molar refractivity (Wildman–Crippen MR) is 68.5 cm³/mol. The van der Waals surface area contributed by atoms with E-state index in [0.717, 1.165) is 6.61 Å². The Morgan fingerprint density at radius 1 is 0.867 bits per heavy atom. The van der Waals surface area contributed by atoms with Crippen molar-refractivity contribution in [3.05, 3.63) is 0 Å². The van der Waals surface area contributed by atoms with Crippen LogP contribution < -0.4 is 0 Å². The van der Waals surface area contributed by atoms with Gasteiger partial charge in [-0.25, -0.2) is 0 Å². The van der Waals surface area contributed by atoms with E-state index in [1.54, 1.807) is 7.11 Å². The highest BCUT2D eigenvalue weighted by Gasteiger charge is 2.07. The van der Waals surface area contributed by atoms with Crippen molar-refractivity contribution in [1.29, 1.82) is 0 Å². The van der Waals surface area contributed by atoms with Crippen molar-refractivity contribution in [2.45, 2.75) is 27.2 Å². The zero-order chi connectivity index (χ0) is 12.1. The average molecular weight is 218 g/mol. The van der Waals surface area contributed by atoms with E-state index in [4.69, 9.17) is 0 Å². The summed E-state index contributed by atoms with van der Waals surface area (Å²) in [7, 11) is 6.03. The number of piperazine rings is 1. The van der Waals surface area contributed by atoms with Gasteiger partial charge in [-0.05, 0) is 21.0 Å². The van der Waals surface area contributed by atoms with E-state index in [0.29, 0.717) is 0 Å². The van der Waals surface area contributed by atoms with Crippen LogP contribution in [-0.2, 0) is 4.74 Å². The monoisotopic (exact) mass is 218 g/mol. The van der Waals surface area contributed by atoms with Crippen molar-refractivity contribution in [1.82, 2.24) is 9.80 Å². The van der Waals surface area contributed by atoms with Gasteiger partial charge in [0, 0.05) is 39.9 Å². The molecule has 0 aromatic rings. The molecule has 94 valence electrons. The first-order chi connectivity index (χ1) is 7.12. The van der Waals surface area contributed by atoms with Gasteiger partial charge in [0.1, 0.15) is 0 Å². The molecule has 1 aliphatic heterocycles. The predicted octanol–water partition coefficient (Wildman–Crippen LogP) is 1.93. The molecule has 0 atom stereocenters. The van der Waals surface area contributed by atoms with E-state index in [9.17, 15) is 0 Å². The van der Waals surface area contributed by atoms with Crippen molar-refractivity contribution in [3.8, 4) is 0 Å². The van der Waals surface area contributed by atoms with Crippen molar-refractivity contribution in [2.75, 3.05) is 54.0 Å². The fourth-order valence-corrected chi connectivity index (χ4v) is 0.906. The summed E-state index contributed by atoms with van der Waals surface area (Å²) < 4.78 is 4.54. The largest absolute Gasteiger partial charge is 0.385 e. The number of methoxy groups -OCH3 is 1. The topological polar surface area (TPSA) is 15.7 Å². The van der Waals surface area contributed by atoms with E-state index < -0.39 is 0 Å². The molecule has 0 amide bonds. The van der Waals surface area contributed by atoms with Crippen molar-refractivity contribution < 1.29 is 4.74 Å².